The Balaban J connectivity index is 1.88. The second kappa shape index (κ2) is 10.6. The Morgan fingerprint density at radius 2 is 1.55 bits per heavy atom. The first kappa shape index (κ1) is 22.4. The highest BCUT2D eigenvalue weighted by atomic mass is 19.2. The highest BCUT2D eigenvalue weighted by Crippen LogP contribution is 2.19. The first-order chi connectivity index (χ1) is 13.8. The van der Waals surface area contributed by atoms with Crippen LogP contribution < -0.4 is 10.6 Å². The van der Waals surface area contributed by atoms with Crippen molar-refractivity contribution in [2.45, 2.75) is 19.8 Å². The lowest BCUT2D eigenvalue weighted by atomic mass is 10.2. The summed E-state index contributed by atoms with van der Waals surface area (Å²) in [6.07, 6.45) is 0.774. The van der Waals surface area contributed by atoms with Gasteiger partial charge in [0, 0.05) is 18.7 Å². The minimum atomic E-state index is -1.66. The number of carbonyl (C=O) groups is 2. The molecule has 2 rings (SSSR count). The molecule has 2 amide bonds. The quantitative estimate of drug-likeness (QED) is 0.486. The van der Waals surface area contributed by atoms with E-state index in [4.69, 9.17) is 0 Å². The van der Waals surface area contributed by atoms with Gasteiger partial charge in [0.25, 0.3) is 0 Å². The van der Waals surface area contributed by atoms with E-state index in [1.165, 1.54) is 24.3 Å². The monoisotopic (exact) mass is 411 g/mol. The van der Waals surface area contributed by atoms with E-state index in [1.54, 1.807) is 4.90 Å². The predicted octanol–water partition coefficient (Wildman–Crippen LogP) is 3.92. The zero-order valence-electron chi connectivity index (χ0n) is 15.8. The smallest absolute Gasteiger partial charge is 0.238 e. The van der Waals surface area contributed by atoms with Crippen molar-refractivity contribution in [2.24, 2.45) is 0 Å². The standard InChI is InChI=1S/C20H21F4N3O2/c1-2-10-27(11-9-17(28)25-14-5-3-13(21)4-6-14)12-18(29)26-16-8-7-15(22)19(23)20(16)24/h3-8H,2,9-12H2,1H3,(H,25,28)(H,26,29). The maximum atomic E-state index is 13.7. The number of benzene rings is 2. The Labute approximate surface area is 165 Å². The Bertz CT molecular complexity index is 860. The van der Waals surface area contributed by atoms with Gasteiger partial charge in [0.05, 0.1) is 12.2 Å². The average molecular weight is 411 g/mol. The zero-order valence-corrected chi connectivity index (χ0v) is 15.8. The fourth-order valence-corrected chi connectivity index (χ4v) is 2.62. The lowest BCUT2D eigenvalue weighted by molar-refractivity contribution is -0.119. The van der Waals surface area contributed by atoms with Crippen molar-refractivity contribution in [3.8, 4) is 0 Å². The lowest BCUT2D eigenvalue weighted by Gasteiger charge is -2.21. The van der Waals surface area contributed by atoms with Gasteiger partial charge in [-0.15, -0.1) is 0 Å². The van der Waals surface area contributed by atoms with Crippen LogP contribution >= 0.6 is 0 Å². The van der Waals surface area contributed by atoms with E-state index >= 15 is 0 Å². The van der Waals surface area contributed by atoms with Gasteiger partial charge in [0.15, 0.2) is 17.5 Å². The van der Waals surface area contributed by atoms with Gasteiger partial charge in [-0.1, -0.05) is 6.92 Å². The van der Waals surface area contributed by atoms with Crippen LogP contribution in [0.25, 0.3) is 0 Å². The largest absolute Gasteiger partial charge is 0.326 e. The van der Waals surface area contributed by atoms with Gasteiger partial charge in [-0.25, -0.2) is 17.6 Å². The molecule has 156 valence electrons. The van der Waals surface area contributed by atoms with E-state index in [0.717, 1.165) is 12.1 Å². The molecule has 0 bridgehead atoms. The number of amides is 2. The van der Waals surface area contributed by atoms with Crippen molar-refractivity contribution in [3.05, 3.63) is 59.7 Å². The van der Waals surface area contributed by atoms with Gasteiger partial charge < -0.3 is 10.6 Å². The number of nitrogens with one attached hydrogen (secondary N) is 2. The number of halogens is 4. The van der Waals surface area contributed by atoms with Crippen LogP contribution in [0.1, 0.15) is 19.8 Å². The SMILES string of the molecule is CCCN(CCC(=O)Nc1ccc(F)cc1)CC(=O)Nc1ccc(F)c(F)c1F. The molecule has 5 nitrogen and oxygen atoms in total. The summed E-state index contributed by atoms with van der Waals surface area (Å²) in [5.41, 5.74) is -0.00982. The van der Waals surface area contributed by atoms with Crippen LogP contribution in [0.4, 0.5) is 28.9 Å². The molecule has 0 atom stereocenters. The van der Waals surface area contributed by atoms with E-state index in [2.05, 4.69) is 10.6 Å². The van der Waals surface area contributed by atoms with Crippen molar-refractivity contribution in [2.75, 3.05) is 30.3 Å². The number of nitrogens with zero attached hydrogens (tertiary/aromatic N) is 1. The van der Waals surface area contributed by atoms with Crippen molar-refractivity contribution in [1.29, 1.82) is 0 Å². The van der Waals surface area contributed by atoms with Gasteiger partial charge in [-0.2, -0.15) is 0 Å². The highest BCUT2D eigenvalue weighted by molar-refractivity contribution is 5.93. The highest BCUT2D eigenvalue weighted by Gasteiger charge is 2.17. The summed E-state index contributed by atoms with van der Waals surface area (Å²) >= 11 is 0. The van der Waals surface area contributed by atoms with Crippen molar-refractivity contribution in [3.63, 3.8) is 0 Å². The molecular weight excluding hydrogens is 390 g/mol. The second-order valence-electron chi connectivity index (χ2n) is 6.35. The summed E-state index contributed by atoms with van der Waals surface area (Å²) < 4.78 is 52.8. The maximum Gasteiger partial charge on any atom is 0.238 e. The molecule has 0 saturated carbocycles. The van der Waals surface area contributed by atoms with E-state index in [9.17, 15) is 27.2 Å². The maximum absolute atomic E-state index is 13.7. The topological polar surface area (TPSA) is 61.4 Å². The van der Waals surface area contributed by atoms with Crippen molar-refractivity contribution >= 4 is 23.2 Å². The summed E-state index contributed by atoms with van der Waals surface area (Å²) in [5.74, 6) is -5.84. The molecule has 0 heterocycles. The van der Waals surface area contributed by atoms with Crippen molar-refractivity contribution in [1.82, 2.24) is 4.90 Å². The fraction of sp³-hybridized carbons (Fsp3) is 0.300. The van der Waals surface area contributed by atoms with Gasteiger partial charge >= 0.3 is 0 Å². The van der Waals surface area contributed by atoms with Crippen LogP contribution in [0.5, 0.6) is 0 Å². The van der Waals surface area contributed by atoms with Crippen LogP contribution in [-0.4, -0.2) is 36.3 Å². The Kier molecular flexibility index (Phi) is 8.14. The molecule has 2 aromatic rings. The normalized spacial score (nSPS) is 10.8. The number of rotatable bonds is 9. The molecule has 9 heteroatoms. The summed E-state index contributed by atoms with van der Waals surface area (Å²) in [5, 5.41) is 4.82. The number of anilines is 2. The van der Waals surface area contributed by atoms with Crippen molar-refractivity contribution < 1.29 is 27.2 Å². The molecule has 0 spiro atoms. The van der Waals surface area contributed by atoms with Crippen LogP contribution in [0.2, 0.25) is 0 Å². The molecule has 0 unspecified atom stereocenters. The molecule has 0 aliphatic rings. The van der Waals surface area contributed by atoms with Gasteiger partial charge in [0.2, 0.25) is 11.8 Å². The van der Waals surface area contributed by atoms with Gasteiger partial charge in [-0.3, -0.25) is 14.5 Å². The Hall–Kier alpha value is -2.94. The third-order valence-corrected chi connectivity index (χ3v) is 4.00. The molecule has 0 fully saturated rings. The third kappa shape index (κ3) is 6.86. The molecular formula is C20H21F4N3O2. The molecule has 0 aliphatic carbocycles. The molecule has 0 radical (unpaired) electrons. The van der Waals surface area contributed by atoms with Gasteiger partial charge in [-0.05, 0) is 49.4 Å². The first-order valence-electron chi connectivity index (χ1n) is 9.01. The zero-order chi connectivity index (χ0) is 21.4. The molecule has 29 heavy (non-hydrogen) atoms. The van der Waals surface area contributed by atoms with E-state index in [1.807, 2.05) is 6.92 Å². The Morgan fingerprint density at radius 3 is 2.21 bits per heavy atom. The molecule has 0 aromatic heterocycles. The number of hydrogen-bond acceptors (Lipinski definition) is 3. The molecule has 2 aromatic carbocycles. The molecule has 0 saturated heterocycles. The van der Waals surface area contributed by atoms with E-state index in [-0.39, 0.29) is 25.4 Å². The first-order valence-corrected chi connectivity index (χ1v) is 9.01. The predicted molar refractivity (Wildman–Crippen MR) is 101 cm³/mol. The summed E-state index contributed by atoms with van der Waals surface area (Å²) in [7, 11) is 0. The molecule has 2 N–H and O–H groups in total. The summed E-state index contributed by atoms with van der Waals surface area (Å²) in [4.78, 5) is 25.9. The molecule has 0 aliphatic heterocycles. The van der Waals surface area contributed by atoms with Crippen LogP contribution in [0.15, 0.2) is 36.4 Å². The lowest BCUT2D eigenvalue weighted by Crippen LogP contribution is -2.36. The van der Waals surface area contributed by atoms with Crippen LogP contribution in [0, 0.1) is 23.3 Å². The van der Waals surface area contributed by atoms with Crippen LogP contribution in [0.3, 0.4) is 0 Å². The Morgan fingerprint density at radius 1 is 0.862 bits per heavy atom. The summed E-state index contributed by atoms with van der Waals surface area (Å²) in [6, 6.07) is 6.97. The van der Waals surface area contributed by atoms with Gasteiger partial charge in [0.1, 0.15) is 5.82 Å². The second-order valence-corrected chi connectivity index (χ2v) is 6.35. The average Bonchev–Trinajstić information content (AvgIpc) is 2.68. The fourth-order valence-electron chi connectivity index (χ4n) is 2.62. The minimum Gasteiger partial charge on any atom is -0.326 e. The minimum absolute atomic E-state index is 0.0736. The van der Waals surface area contributed by atoms with Crippen LogP contribution in [-0.2, 0) is 9.59 Å². The summed E-state index contributed by atoms with van der Waals surface area (Å²) in [6.45, 7) is 2.47. The van der Waals surface area contributed by atoms with E-state index < -0.39 is 34.9 Å². The van der Waals surface area contributed by atoms with E-state index in [0.29, 0.717) is 18.7 Å². The third-order valence-electron chi connectivity index (χ3n) is 4.00. The number of hydrogen-bond donors (Lipinski definition) is 2. The number of carbonyl (C=O) groups excluding carboxylic acids is 2.